The van der Waals surface area contributed by atoms with E-state index < -0.39 is 0 Å². The molecule has 1 saturated heterocycles. The van der Waals surface area contributed by atoms with Crippen LogP contribution in [-0.4, -0.2) is 60.5 Å². The van der Waals surface area contributed by atoms with Crippen LogP contribution in [0.4, 0.5) is 0 Å². The van der Waals surface area contributed by atoms with Crippen molar-refractivity contribution in [2.24, 2.45) is 10.9 Å². The molecule has 2 rings (SSSR count). The maximum absolute atomic E-state index is 11.6. The molecule has 2 aliphatic rings. The molecule has 5 nitrogen and oxygen atoms in total. The summed E-state index contributed by atoms with van der Waals surface area (Å²) in [6.45, 7) is 8.65. The molecule has 1 heterocycles. The van der Waals surface area contributed by atoms with Crippen LogP contribution in [0.25, 0.3) is 0 Å². The first-order valence-corrected chi connectivity index (χ1v) is 9.22. The van der Waals surface area contributed by atoms with Crippen LogP contribution in [-0.2, 0) is 4.79 Å². The fourth-order valence-corrected chi connectivity index (χ4v) is 3.60. The summed E-state index contributed by atoms with van der Waals surface area (Å²) in [4.78, 5) is 18.6. The number of thioether (sulfide) groups is 1. The summed E-state index contributed by atoms with van der Waals surface area (Å²) in [6.07, 6.45) is 3.32. The minimum atomic E-state index is 0. The number of aliphatic imine (C=N–C) groups is 1. The van der Waals surface area contributed by atoms with Crippen LogP contribution in [0, 0.1) is 5.92 Å². The van der Waals surface area contributed by atoms with E-state index in [0.29, 0.717) is 18.3 Å². The number of nitrogens with zero attached hydrogens (tertiary/aromatic N) is 2. The number of nitrogens with one attached hydrogen (secondary N) is 2. The Balaban J connectivity index is 0.00000242. The average Bonchev–Trinajstić information content (AvgIpc) is 3.35. The highest BCUT2D eigenvalue weighted by Crippen LogP contribution is 2.28. The first-order valence-electron chi connectivity index (χ1n) is 8.17. The topological polar surface area (TPSA) is 56.7 Å². The Hall–Kier alpha value is -0.180. The lowest BCUT2D eigenvalue weighted by Crippen LogP contribution is -2.48. The molecule has 1 unspecified atom stereocenters. The van der Waals surface area contributed by atoms with E-state index in [-0.39, 0.29) is 35.8 Å². The molecular formula is C15H29IN4OS. The van der Waals surface area contributed by atoms with E-state index in [1.54, 1.807) is 0 Å². The smallest absolute Gasteiger partial charge is 0.223 e. The van der Waals surface area contributed by atoms with Crippen molar-refractivity contribution in [3.8, 4) is 0 Å². The third-order valence-corrected chi connectivity index (χ3v) is 5.22. The van der Waals surface area contributed by atoms with Crippen molar-refractivity contribution >= 4 is 47.6 Å². The molecule has 1 amide bonds. The number of halogens is 1. The van der Waals surface area contributed by atoms with Crippen LogP contribution < -0.4 is 10.6 Å². The van der Waals surface area contributed by atoms with Gasteiger partial charge in [0.05, 0.1) is 6.54 Å². The van der Waals surface area contributed by atoms with Crippen molar-refractivity contribution in [3.05, 3.63) is 0 Å². The first kappa shape index (κ1) is 19.9. The molecule has 0 aromatic carbocycles. The second-order valence-corrected chi connectivity index (χ2v) is 7.06. The van der Waals surface area contributed by atoms with Gasteiger partial charge in [-0.15, -0.1) is 24.0 Å². The summed E-state index contributed by atoms with van der Waals surface area (Å²) in [5.74, 6) is 2.65. The van der Waals surface area contributed by atoms with E-state index in [2.05, 4.69) is 46.1 Å². The highest BCUT2D eigenvalue weighted by atomic mass is 127. The van der Waals surface area contributed by atoms with E-state index in [1.807, 2.05) is 0 Å². The van der Waals surface area contributed by atoms with Crippen LogP contribution in [0.1, 0.15) is 33.1 Å². The van der Waals surface area contributed by atoms with Crippen LogP contribution in [0.5, 0.6) is 0 Å². The summed E-state index contributed by atoms with van der Waals surface area (Å²) in [7, 11) is 0. The van der Waals surface area contributed by atoms with E-state index in [0.717, 1.165) is 38.4 Å². The standard InChI is InChI=1S/C15H28N4OS.HI/c1-3-13-11-19(9-10-21-13)15(16-4-2)18-8-7-17-14(20)12-5-6-12;/h12-13H,3-11H2,1-2H3,(H,16,18)(H,17,20);1H. The molecular weight excluding hydrogens is 411 g/mol. The molecule has 0 aromatic heterocycles. The minimum absolute atomic E-state index is 0. The van der Waals surface area contributed by atoms with Gasteiger partial charge < -0.3 is 15.5 Å². The van der Waals surface area contributed by atoms with Crippen LogP contribution in [0.2, 0.25) is 0 Å². The van der Waals surface area contributed by atoms with Gasteiger partial charge in [0.15, 0.2) is 5.96 Å². The van der Waals surface area contributed by atoms with Gasteiger partial charge in [0, 0.05) is 43.1 Å². The third-order valence-electron chi connectivity index (χ3n) is 3.85. The molecule has 0 bridgehead atoms. The molecule has 128 valence electrons. The average molecular weight is 440 g/mol. The zero-order valence-corrected chi connectivity index (χ0v) is 16.8. The second-order valence-electron chi connectivity index (χ2n) is 5.65. The summed E-state index contributed by atoms with van der Waals surface area (Å²) in [5.41, 5.74) is 0. The van der Waals surface area contributed by atoms with Crippen LogP contribution in [0.15, 0.2) is 4.99 Å². The summed E-state index contributed by atoms with van der Waals surface area (Å²) < 4.78 is 0. The van der Waals surface area contributed by atoms with Crippen molar-refractivity contribution in [1.82, 2.24) is 15.5 Å². The Bertz CT molecular complexity index is 377. The van der Waals surface area contributed by atoms with E-state index >= 15 is 0 Å². The zero-order valence-electron chi connectivity index (χ0n) is 13.6. The molecule has 1 aliphatic heterocycles. The molecule has 1 atom stereocenters. The first-order chi connectivity index (χ1) is 10.2. The van der Waals surface area contributed by atoms with Gasteiger partial charge in [0.2, 0.25) is 5.91 Å². The van der Waals surface area contributed by atoms with Gasteiger partial charge in [0.1, 0.15) is 0 Å². The van der Waals surface area contributed by atoms with Gasteiger partial charge in [-0.2, -0.15) is 11.8 Å². The van der Waals surface area contributed by atoms with Gasteiger partial charge >= 0.3 is 0 Å². The highest BCUT2D eigenvalue weighted by Gasteiger charge is 2.29. The van der Waals surface area contributed by atoms with Crippen molar-refractivity contribution in [1.29, 1.82) is 0 Å². The number of guanidine groups is 1. The van der Waals surface area contributed by atoms with Crippen molar-refractivity contribution in [2.75, 3.05) is 38.5 Å². The monoisotopic (exact) mass is 440 g/mol. The lowest BCUT2D eigenvalue weighted by molar-refractivity contribution is -0.122. The molecule has 0 radical (unpaired) electrons. The summed E-state index contributed by atoms with van der Waals surface area (Å²) in [6, 6.07) is 0. The molecule has 0 spiro atoms. The zero-order chi connectivity index (χ0) is 15.1. The molecule has 2 fully saturated rings. The number of amides is 1. The lowest BCUT2D eigenvalue weighted by atomic mass is 10.3. The van der Waals surface area contributed by atoms with Gasteiger partial charge in [-0.3, -0.25) is 9.79 Å². The molecule has 7 heteroatoms. The van der Waals surface area contributed by atoms with E-state index in [1.165, 1.54) is 12.2 Å². The third kappa shape index (κ3) is 6.52. The van der Waals surface area contributed by atoms with Crippen molar-refractivity contribution < 1.29 is 4.79 Å². The normalized spacial score (nSPS) is 22.0. The summed E-state index contributed by atoms with van der Waals surface area (Å²) in [5, 5.41) is 7.05. The highest BCUT2D eigenvalue weighted by molar-refractivity contribution is 14.0. The number of carbonyl (C=O) groups excluding carboxylic acids is 1. The Morgan fingerprint density at radius 3 is 2.73 bits per heavy atom. The largest absolute Gasteiger partial charge is 0.357 e. The molecule has 1 aliphatic carbocycles. The molecule has 22 heavy (non-hydrogen) atoms. The van der Waals surface area contributed by atoms with Crippen LogP contribution in [0.3, 0.4) is 0 Å². The maximum Gasteiger partial charge on any atom is 0.223 e. The molecule has 2 N–H and O–H groups in total. The maximum atomic E-state index is 11.6. The Kier molecular flexibility index (Phi) is 9.54. The fraction of sp³-hybridized carbons (Fsp3) is 0.867. The Morgan fingerprint density at radius 2 is 2.09 bits per heavy atom. The van der Waals surface area contributed by atoms with Crippen LogP contribution >= 0.6 is 35.7 Å². The van der Waals surface area contributed by atoms with Crippen molar-refractivity contribution in [3.63, 3.8) is 0 Å². The SMILES string of the molecule is CCNC(=NCCNC(=O)C1CC1)N1CCSC(CC)C1.I. The lowest BCUT2D eigenvalue weighted by Gasteiger charge is -2.34. The predicted molar refractivity (Wildman–Crippen MR) is 105 cm³/mol. The number of hydrogen-bond acceptors (Lipinski definition) is 3. The van der Waals surface area contributed by atoms with Gasteiger partial charge in [-0.1, -0.05) is 6.92 Å². The van der Waals surface area contributed by atoms with Crippen molar-refractivity contribution in [2.45, 2.75) is 38.4 Å². The minimum Gasteiger partial charge on any atom is -0.357 e. The number of rotatable bonds is 6. The number of carbonyl (C=O) groups is 1. The van der Waals surface area contributed by atoms with Gasteiger partial charge in [-0.25, -0.2) is 0 Å². The fourth-order valence-electron chi connectivity index (χ4n) is 2.42. The molecule has 1 saturated carbocycles. The Labute approximate surface area is 155 Å². The van der Waals surface area contributed by atoms with E-state index in [9.17, 15) is 4.79 Å². The van der Waals surface area contributed by atoms with Gasteiger partial charge in [0.25, 0.3) is 0 Å². The quantitative estimate of drug-likeness (QED) is 0.287. The van der Waals surface area contributed by atoms with E-state index in [4.69, 9.17) is 0 Å². The summed E-state index contributed by atoms with van der Waals surface area (Å²) >= 11 is 2.06. The second kappa shape index (κ2) is 10.6. The predicted octanol–water partition coefficient (Wildman–Crippen LogP) is 1.92. The number of hydrogen-bond donors (Lipinski definition) is 2. The Morgan fingerprint density at radius 1 is 1.32 bits per heavy atom. The molecule has 0 aromatic rings. The van der Waals surface area contributed by atoms with Gasteiger partial charge in [-0.05, 0) is 26.2 Å².